The Kier molecular flexibility index (Phi) is 12.6. The lowest BCUT2D eigenvalue weighted by Gasteiger charge is -2.26. The van der Waals surface area contributed by atoms with Gasteiger partial charge >= 0.3 is 26.8 Å². The van der Waals surface area contributed by atoms with E-state index in [4.69, 9.17) is 37.7 Å². The first-order chi connectivity index (χ1) is 20.1. The topological polar surface area (TPSA) is 256 Å². The van der Waals surface area contributed by atoms with Crippen LogP contribution in [0.15, 0.2) is 11.5 Å². The highest BCUT2D eigenvalue weighted by Crippen LogP contribution is 2.79. The molecular weight excluding hydrogens is 744 g/mol. The van der Waals surface area contributed by atoms with Crippen LogP contribution in [0.25, 0.3) is 11.2 Å². The Morgan fingerprint density at radius 2 is 1.80 bits per heavy atom. The molecule has 17 nitrogen and oxygen atoms in total. The fourth-order valence-corrected chi connectivity index (χ4v) is 9.00. The molecule has 0 radical (unpaired) electrons. The summed E-state index contributed by atoms with van der Waals surface area (Å²) < 4.78 is 74.0. The number of thioether (sulfide) groups is 2. The third kappa shape index (κ3) is 9.24. The number of ether oxygens (including phenoxy) is 1. The molecule has 1 fully saturated rings. The molecule has 1 aliphatic rings. The second kappa shape index (κ2) is 14.5. The number of hydrogen-bond donors (Lipinski definition) is 7. The molecule has 3 rings (SSSR count). The van der Waals surface area contributed by atoms with Crippen molar-refractivity contribution in [2.45, 2.75) is 52.8 Å². The number of hydrogen-bond acceptors (Lipinski definition) is 14. The Bertz CT molecular complexity index is 1470. The predicted molar refractivity (Wildman–Crippen MR) is 157 cm³/mol. The second-order valence-electron chi connectivity index (χ2n) is 9.23. The van der Waals surface area contributed by atoms with E-state index in [2.05, 4.69) is 29.1 Å². The van der Waals surface area contributed by atoms with E-state index in [9.17, 15) is 42.5 Å². The molecular formula is C18H28Cl2F2N5O12P3S2. The number of anilines is 1. The summed E-state index contributed by atoms with van der Waals surface area (Å²) in [4.78, 5) is 50.7. The van der Waals surface area contributed by atoms with Gasteiger partial charge in [0, 0.05) is 24.5 Å². The maximum Gasteiger partial charge on any atom is 0.479 e. The first kappa shape index (κ1) is 38.3. The Labute approximate surface area is 266 Å². The van der Waals surface area contributed by atoms with Gasteiger partial charge < -0.3 is 39.8 Å². The standard InChI is InChI=1S/C18H28Cl2F2N5O12P3S2/c1-17(21,22)3-5-44-16-25-13(23-4-6-43-2)10-14(26-16)27(8-24-10)15-12(29)11(28)9(38-15)7-37-42(35,36)39-41(33,34)18(19,20)40(30,31)32/h8-9,11-12,15,28-29H,3-7H2,1-2H3,(H,33,34)(H,35,36)(H,23,25,26)(H2,30,31,32)/t9-,11-,12-,15-/m1/s1. The molecule has 1 saturated heterocycles. The Hall–Kier alpha value is -0.180. The number of aliphatic hydroxyl groups excluding tert-OH is 2. The Balaban J connectivity index is 1.82. The van der Waals surface area contributed by atoms with Gasteiger partial charge in [-0.1, -0.05) is 35.0 Å². The van der Waals surface area contributed by atoms with Gasteiger partial charge in [0.1, 0.15) is 18.3 Å². The fourth-order valence-electron chi connectivity index (χ4n) is 3.51. The number of nitrogens with zero attached hydrogens (tertiary/aromatic N) is 4. The highest BCUT2D eigenvalue weighted by Gasteiger charge is 2.62. The number of nitrogens with one attached hydrogen (secondary N) is 1. The van der Waals surface area contributed by atoms with Crippen molar-refractivity contribution >= 4 is 86.7 Å². The lowest BCUT2D eigenvalue weighted by Crippen LogP contribution is -2.33. The number of halogens is 4. The quantitative estimate of drug-likeness (QED) is 0.0426. The van der Waals surface area contributed by atoms with Crippen LogP contribution in [0.3, 0.4) is 0 Å². The molecule has 26 heteroatoms. The zero-order valence-corrected chi connectivity index (χ0v) is 28.3. The Morgan fingerprint density at radius 3 is 2.39 bits per heavy atom. The molecule has 0 saturated carbocycles. The van der Waals surface area contributed by atoms with Crippen molar-refractivity contribution in [3.63, 3.8) is 0 Å². The maximum absolute atomic E-state index is 13.3. The van der Waals surface area contributed by atoms with E-state index in [-0.39, 0.29) is 27.9 Å². The van der Waals surface area contributed by atoms with Crippen LogP contribution in [-0.2, 0) is 27.3 Å². The summed E-state index contributed by atoms with van der Waals surface area (Å²) in [6.07, 6.45) is -3.92. The summed E-state index contributed by atoms with van der Waals surface area (Å²) >= 11 is 12.9. The van der Waals surface area contributed by atoms with Crippen molar-refractivity contribution in [2.24, 2.45) is 0 Å². The molecule has 0 aliphatic carbocycles. The van der Waals surface area contributed by atoms with Gasteiger partial charge in [0.25, 0.3) is 0 Å². The number of aliphatic hydroxyl groups is 2. The molecule has 1 aliphatic heterocycles. The minimum atomic E-state index is -5.94. The second-order valence-corrected chi connectivity index (χ2v) is 19.3. The first-order valence-electron chi connectivity index (χ1n) is 12.0. The number of imidazole rings is 1. The molecule has 44 heavy (non-hydrogen) atoms. The average Bonchev–Trinajstić information content (AvgIpc) is 3.41. The Morgan fingerprint density at radius 1 is 1.14 bits per heavy atom. The number of phosphoric acid groups is 1. The van der Waals surface area contributed by atoms with E-state index in [1.54, 1.807) is 11.8 Å². The van der Waals surface area contributed by atoms with Gasteiger partial charge in [-0.05, 0) is 13.2 Å². The molecule has 2 unspecified atom stereocenters. The summed E-state index contributed by atoms with van der Waals surface area (Å²) in [5, 5.41) is 24.4. The van der Waals surface area contributed by atoms with Crippen LogP contribution in [0.2, 0.25) is 0 Å². The molecule has 0 bridgehead atoms. The zero-order valence-electron chi connectivity index (χ0n) is 22.5. The third-order valence-electron chi connectivity index (χ3n) is 5.69. The highest BCUT2D eigenvalue weighted by molar-refractivity contribution is 7.99. The van der Waals surface area contributed by atoms with Gasteiger partial charge in [0.15, 0.2) is 28.4 Å². The molecule has 0 amide bonds. The van der Waals surface area contributed by atoms with Crippen LogP contribution >= 0.6 is 69.7 Å². The molecule has 7 N–H and O–H groups in total. The van der Waals surface area contributed by atoms with Crippen molar-refractivity contribution in [2.75, 3.05) is 36.2 Å². The highest BCUT2D eigenvalue weighted by atomic mass is 35.5. The van der Waals surface area contributed by atoms with E-state index in [0.29, 0.717) is 12.3 Å². The monoisotopic (exact) mass is 771 g/mol. The molecule has 0 spiro atoms. The van der Waals surface area contributed by atoms with E-state index in [1.165, 1.54) is 10.9 Å². The van der Waals surface area contributed by atoms with Gasteiger partial charge in [-0.3, -0.25) is 18.2 Å². The van der Waals surface area contributed by atoms with Crippen LogP contribution in [0.4, 0.5) is 14.6 Å². The van der Waals surface area contributed by atoms with Crippen molar-refractivity contribution in [3.8, 4) is 0 Å². The fraction of sp³-hybridized carbons (Fsp3) is 0.722. The lowest BCUT2D eigenvalue weighted by atomic mass is 10.1. The van der Waals surface area contributed by atoms with Gasteiger partial charge in [0.2, 0.25) is 5.92 Å². The van der Waals surface area contributed by atoms with E-state index in [1.807, 2.05) is 6.26 Å². The maximum atomic E-state index is 13.3. The third-order valence-corrected chi connectivity index (χ3v) is 14.9. The van der Waals surface area contributed by atoms with Gasteiger partial charge in [0.05, 0.1) is 12.9 Å². The van der Waals surface area contributed by atoms with E-state index in [0.717, 1.165) is 18.7 Å². The first-order valence-corrected chi connectivity index (χ1v) is 19.9. The minimum Gasteiger partial charge on any atom is -0.387 e. The van der Waals surface area contributed by atoms with Crippen LogP contribution in [0.5, 0.6) is 0 Å². The number of phosphoric ester groups is 1. The summed E-state index contributed by atoms with van der Waals surface area (Å²) in [5.74, 6) is -1.99. The lowest BCUT2D eigenvalue weighted by molar-refractivity contribution is -0.0502. The summed E-state index contributed by atoms with van der Waals surface area (Å²) in [6, 6.07) is 0. The SMILES string of the molecule is CSCCNc1nc(SCCC(C)(F)F)nc2c1ncn2[C@@H]1O[C@H](COP(=O)(O)OP(=O)(O)C(Cl)(Cl)P(=O)(O)O)[C@@H](O)[C@H]1O. The average molecular weight is 772 g/mol. The number of alkyl halides is 4. The van der Waals surface area contributed by atoms with Gasteiger partial charge in [-0.25, -0.2) is 32.6 Å². The normalized spacial score (nSPS) is 24.4. The van der Waals surface area contributed by atoms with Crippen LogP contribution in [0.1, 0.15) is 19.6 Å². The van der Waals surface area contributed by atoms with E-state index >= 15 is 0 Å². The van der Waals surface area contributed by atoms with Crippen molar-refractivity contribution in [3.05, 3.63) is 6.33 Å². The zero-order chi connectivity index (χ0) is 33.3. The van der Waals surface area contributed by atoms with E-state index < -0.39 is 70.3 Å². The molecule has 6 atom stereocenters. The molecule has 0 aromatic carbocycles. The van der Waals surface area contributed by atoms with Crippen LogP contribution in [0, 0.1) is 0 Å². The van der Waals surface area contributed by atoms with Gasteiger partial charge in [-0.2, -0.15) is 11.8 Å². The number of aromatic nitrogens is 4. The predicted octanol–water partition coefficient (Wildman–Crippen LogP) is 2.94. The molecule has 2 aromatic heterocycles. The van der Waals surface area contributed by atoms with Crippen LogP contribution in [-0.4, -0.2) is 108 Å². The molecule has 252 valence electrons. The summed E-state index contributed by atoms with van der Waals surface area (Å²) in [6.45, 7) is 0.179. The van der Waals surface area contributed by atoms with Crippen molar-refractivity contribution in [1.29, 1.82) is 0 Å². The van der Waals surface area contributed by atoms with Gasteiger partial charge in [-0.15, -0.1) is 0 Å². The minimum absolute atomic E-state index is 0.0269. The molecule has 2 aromatic rings. The summed E-state index contributed by atoms with van der Waals surface area (Å²) in [7, 11) is -17.4. The molecule has 3 heterocycles. The number of rotatable bonds is 16. The van der Waals surface area contributed by atoms with Crippen molar-refractivity contribution in [1.82, 2.24) is 19.5 Å². The smallest absolute Gasteiger partial charge is 0.387 e. The van der Waals surface area contributed by atoms with Crippen molar-refractivity contribution < 1.29 is 65.8 Å². The largest absolute Gasteiger partial charge is 0.479 e. The summed E-state index contributed by atoms with van der Waals surface area (Å²) in [5.41, 5.74) is 0.287. The number of fused-ring (bicyclic) bond motifs is 1. The van der Waals surface area contributed by atoms with Crippen LogP contribution < -0.4 is 5.32 Å².